The summed E-state index contributed by atoms with van der Waals surface area (Å²) in [6.45, 7) is 0.676. The average molecular weight is 179 g/mol. The van der Waals surface area contributed by atoms with Crippen LogP contribution in [0.4, 0.5) is 0 Å². The lowest BCUT2D eigenvalue weighted by Gasteiger charge is -2.02. The molecule has 1 aromatic carbocycles. The SMILES string of the molecule is COc1ccc(CCNC=O)cc1. The molecular weight excluding hydrogens is 166 g/mol. The summed E-state index contributed by atoms with van der Waals surface area (Å²) in [6, 6.07) is 7.81. The van der Waals surface area contributed by atoms with E-state index in [1.165, 1.54) is 5.56 Å². The second kappa shape index (κ2) is 5.19. The molecule has 0 saturated heterocycles. The van der Waals surface area contributed by atoms with Gasteiger partial charge in [-0.3, -0.25) is 4.79 Å². The van der Waals surface area contributed by atoms with E-state index in [4.69, 9.17) is 4.74 Å². The zero-order chi connectivity index (χ0) is 9.52. The smallest absolute Gasteiger partial charge is 0.207 e. The van der Waals surface area contributed by atoms with Gasteiger partial charge in [-0.2, -0.15) is 0 Å². The van der Waals surface area contributed by atoms with Crippen LogP contribution in [0.5, 0.6) is 5.75 Å². The lowest BCUT2D eigenvalue weighted by atomic mass is 10.1. The van der Waals surface area contributed by atoms with Crippen LogP contribution in [0.15, 0.2) is 24.3 Å². The normalized spacial score (nSPS) is 9.31. The van der Waals surface area contributed by atoms with E-state index in [2.05, 4.69) is 5.32 Å². The Morgan fingerprint density at radius 2 is 2.08 bits per heavy atom. The van der Waals surface area contributed by atoms with E-state index in [1.807, 2.05) is 24.3 Å². The zero-order valence-electron chi connectivity index (χ0n) is 7.62. The third kappa shape index (κ3) is 3.15. The number of ether oxygens (including phenoxy) is 1. The van der Waals surface area contributed by atoms with Crippen LogP contribution in [0.1, 0.15) is 5.56 Å². The number of benzene rings is 1. The first-order chi connectivity index (χ1) is 6.36. The minimum atomic E-state index is 0.676. The second-order valence-electron chi connectivity index (χ2n) is 2.67. The largest absolute Gasteiger partial charge is 0.497 e. The molecule has 0 aromatic heterocycles. The van der Waals surface area contributed by atoms with Crippen LogP contribution in [0.2, 0.25) is 0 Å². The van der Waals surface area contributed by atoms with Crippen LogP contribution in [-0.4, -0.2) is 20.1 Å². The molecule has 3 heteroatoms. The van der Waals surface area contributed by atoms with Gasteiger partial charge in [-0.25, -0.2) is 0 Å². The predicted molar refractivity (Wildman–Crippen MR) is 50.8 cm³/mol. The Hall–Kier alpha value is -1.51. The van der Waals surface area contributed by atoms with Crippen LogP contribution < -0.4 is 10.1 Å². The minimum absolute atomic E-state index is 0.676. The van der Waals surface area contributed by atoms with Gasteiger partial charge in [0.2, 0.25) is 6.41 Å². The van der Waals surface area contributed by atoms with Gasteiger partial charge in [-0.15, -0.1) is 0 Å². The molecule has 0 aliphatic heterocycles. The van der Waals surface area contributed by atoms with E-state index in [0.717, 1.165) is 12.2 Å². The minimum Gasteiger partial charge on any atom is -0.497 e. The Morgan fingerprint density at radius 1 is 1.38 bits per heavy atom. The molecule has 0 saturated carbocycles. The van der Waals surface area contributed by atoms with E-state index < -0.39 is 0 Å². The van der Waals surface area contributed by atoms with Gasteiger partial charge in [0.25, 0.3) is 0 Å². The standard InChI is InChI=1S/C10H13NO2/c1-13-10-4-2-9(3-5-10)6-7-11-8-12/h2-5,8H,6-7H2,1H3,(H,11,12). The highest BCUT2D eigenvalue weighted by atomic mass is 16.5. The molecule has 0 fully saturated rings. The molecule has 1 amide bonds. The topological polar surface area (TPSA) is 38.3 Å². The van der Waals surface area contributed by atoms with Crippen LogP contribution in [0.3, 0.4) is 0 Å². The zero-order valence-corrected chi connectivity index (χ0v) is 7.62. The van der Waals surface area contributed by atoms with E-state index in [9.17, 15) is 4.79 Å². The number of rotatable bonds is 5. The summed E-state index contributed by atoms with van der Waals surface area (Å²) in [6.07, 6.45) is 1.56. The van der Waals surface area contributed by atoms with E-state index in [1.54, 1.807) is 7.11 Å². The Bertz CT molecular complexity index is 256. The van der Waals surface area contributed by atoms with Crippen molar-refractivity contribution in [3.63, 3.8) is 0 Å². The molecule has 1 N–H and O–H groups in total. The maximum absolute atomic E-state index is 9.96. The van der Waals surface area contributed by atoms with Crippen LogP contribution in [0.25, 0.3) is 0 Å². The van der Waals surface area contributed by atoms with Gasteiger partial charge in [0.1, 0.15) is 5.75 Å². The molecule has 0 aliphatic rings. The summed E-state index contributed by atoms with van der Waals surface area (Å²) in [4.78, 5) is 9.96. The molecule has 1 rings (SSSR count). The van der Waals surface area contributed by atoms with Gasteiger partial charge in [0.15, 0.2) is 0 Å². The van der Waals surface area contributed by atoms with Crippen molar-refractivity contribution in [2.45, 2.75) is 6.42 Å². The summed E-state index contributed by atoms with van der Waals surface area (Å²) in [5, 5.41) is 2.61. The summed E-state index contributed by atoms with van der Waals surface area (Å²) < 4.78 is 5.02. The molecule has 0 bridgehead atoms. The third-order valence-electron chi connectivity index (χ3n) is 1.80. The van der Waals surface area contributed by atoms with Crippen molar-refractivity contribution >= 4 is 6.41 Å². The fourth-order valence-corrected chi connectivity index (χ4v) is 1.07. The highest BCUT2D eigenvalue weighted by Gasteiger charge is 1.93. The van der Waals surface area contributed by atoms with Crippen LogP contribution in [0, 0.1) is 0 Å². The van der Waals surface area contributed by atoms with Crippen molar-refractivity contribution < 1.29 is 9.53 Å². The number of carbonyl (C=O) groups excluding carboxylic acids is 1. The maximum Gasteiger partial charge on any atom is 0.207 e. The molecule has 0 atom stereocenters. The summed E-state index contributed by atoms with van der Waals surface area (Å²) in [5.74, 6) is 0.854. The summed E-state index contributed by atoms with van der Waals surface area (Å²) in [7, 11) is 1.64. The molecule has 0 heterocycles. The van der Waals surface area contributed by atoms with Crippen LogP contribution >= 0.6 is 0 Å². The highest BCUT2D eigenvalue weighted by molar-refractivity contribution is 5.45. The number of carbonyl (C=O) groups is 1. The van der Waals surface area contributed by atoms with Crippen molar-refractivity contribution in [2.24, 2.45) is 0 Å². The second-order valence-corrected chi connectivity index (χ2v) is 2.67. The molecule has 1 aromatic rings. The van der Waals surface area contributed by atoms with Gasteiger partial charge >= 0.3 is 0 Å². The highest BCUT2D eigenvalue weighted by Crippen LogP contribution is 2.11. The first-order valence-corrected chi connectivity index (χ1v) is 4.17. The monoisotopic (exact) mass is 179 g/mol. The first-order valence-electron chi connectivity index (χ1n) is 4.17. The maximum atomic E-state index is 9.96. The molecule has 70 valence electrons. The first kappa shape index (κ1) is 9.58. The third-order valence-corrected chi connectivity index (χ3v) is 1.80. The molecule has 0 aliphatic carbocycles. The Balaban J connectivity index is 2.44. The lowest BCUT2D eigenvalue weighted by Crippen LogP contribution is -2.14. The number of hydrogen-bond acceptors (Lipinski definition) is 2. The van der Waals surface area contributed by atoms with Gasteiger partial charge in [-0.05, 0) is 24.1 Å². The number of amides is 1. The molecule has 0 spiro atoms. The number of hydrogen-bond donors (Lipinski definition) is 1. The Morgan fingerprint density at radius 3 is 2.62 bits per heavy atom. The van der Waals surface area contributed by atoms with Gasteiger partial charge in [0, 0.05) is 6.54 Å². The number of methoxy groups -OCH3 is 1. The quantitative estimate of drug-likeness (QED) is 0.540. The lowest BCUT2D eigenvalue weighted by molar-refractivity contribution is -0.109. The fraction of sp³-hybridized carbons (Fsp3) is 0.300. The molecule has 0 radical (unpaired) electrons. The van der Waals surface area contributed by atoms with Gasteiger partial charge in [-0.1, -0.05) is 12.1 Å². The van der Waals surface area contributed by atoms with Crippen molar-refractivity contribution in [3.05, 3.63) is 29.8 Å². The molecule has 13 heavy (non-hydrogen) atoms. The Kier molecular flexibility index (Phi) is 3.82. The van der Waals surface area contributed by atoms with Crippen molar-refractivity contribution in [1.29, 1.82) is 0 Å². The van der Waals surface area contributed by atoms with Crippen LogP contribution in [-0.2, 0) is 11.2 Å². The van der Waals surface area contributed by atoms with Crippen molar-refractivity contribution in [2.75, 3.05) is 13.7 Å². The molecule has 0 unspecified atom stereocenters. The number of nitrogens with one attached hydrogen (secondary N) is 1. The van der Waals surface area contributed by atoms with E-state index in [0.29, 0.717) is 13.0 Å². The van der Waals surface area contributed by atoms with Crippen molar-refractivity contribution in [3.8, 4) is 5.75 Å². The van der Waals surface area contributed by atoms with Gasteiger partial charge < -0.3 is 10.1 Å². The molecule has 3 nitrogen and oxygen atoms in total. The van der Waals surface area contributed by atoms with Gasteiger partial charge in [0.05, 0.1) is 7.11 Å². The van der Waals surface area contributed by atoms with E-state index in [-0.39, 0.29) is 0 Å². The molecular formula is C10H13NO2. The van der Waals surface area contributed by atoms with E-state index >= 15 is 0 Å². The average Bonchev–Trinajstić information content (AvgIpc) is 2.19. The van der Waals surface area contributed by atoms with Crippen molar-refractivity contribution in [1.82, 2.24) is 5.32 Å². The Labute approximate surface area is 77.7 Å². The predicted octanol–water partition coefficient (Wildman–Crippen LogP) is 0.984. The summed E-state index contributed by atoms with van der Waals surface area (Å²) >= 11 is 0. The fourth-order valence-electron chi connectivity index (χ4n) is 1.07. The summed E-state index contributed by atoms with van der Waals surface area (Å²) in [5.41, 5.74) is 1.19.